The largest absolute Gasteiger partial charge is 0.306 e. The topological polar surface area (TPSA) is 46.2 Å². The number of halogens is 1. The van der Waals surface area contributed by atoms with Gasteiger partial charge in [0.2, 0.25) is 0 Å². The van der Waals surface area contributed by atoms with E-state index in [1.54, 1.807) is 0 Å². The predicted octanol–water partition coefficient (Wildman–Crippen LogP) is 1.77. The third-order valence-electron chi connectivity index (χ3n) is 2.67. The fraction of sp³-hybridized carbons (Fsp3) is 0.500. The minimum Gasteiger partial charge on any atom is -0.306 e. The highest BCUT2D eigenvalue weighted by Gasteiger charge is 2.24. The zero-order valence-corrected chi connectivity index (χ0v) is 11.7. The van der Waals surface area contributed by atoms with Crippen LogP contribution in [0.3, 0.4) is 0 Å². The highest BCUT2D eigenvalue weighted by molar-refractivity contribution is 7.90. The molecule has 0 saturated heterocycles. The van der Waals surface area contributed by atoms with Crippen molar-refractivity contribution in [2.75, 3.05) is 24.4 Å². The number of hydrogen-bond acceptors (Lipinski definition) is 3. The first-order valence-corrected chi connectivity index (χ1v) is 8.01. The van der Waals surface area contributed by atoms with E-state index >= 15 is 0 Å². The lowest BCUT2D eigenvalue weighted by molar-refractivity contribution is 0.421. The Kier molecular flexibility index (Phi) is 4.98. The molecule has 0 saturated carbocycles. The van der Waals surface area contributed by atoms with Crippen molar-refractivity contribution in [3.8, 4) is 0 Å². The van der Waals surface area contributed by atoms with E-state index in [0.29, 0.717) is 12.4 Å². The molecule has 1 atom stereocenters. The van der Waals surface area contributed by atoms with Crippen LogP contribution in [0.15, 0.2) is 30.3 Å². The van der Waals surface area contributed by atoms with Crippen molar-refractivity contribution in [1.82, 2.24) is 5.32 Å². The van der Waals surface area contributed by atoms with Gasteiger partial charge in [0.05, 0.1) is 11.3 Å². The zero-order valence-electron chi connectivity index (χ0n) is 10.1. The van der Waals surface area contributed by atoms with Crippen LogP contribution in [0, 0.1) is 0 Å². The number of alkyl halides is 1. The Hall–Kier alpha value is -0.580. The average Bonchev–Trinajstić information content (AvgIpc) is 2.28. The highest BCUT2D eigenvalue weighted by atomic mass is 35.5. The van der Waals surface area contributed by atoms with Gasteiger partial charge in [-0.2, -0.15) is 0 Å². The van der Waals surface area contributed by atoms with Crippen LogP contribution < -0.4 is 5.32 Å². The summed E-state index contributed by atoms with van der Waals surface area (Å²) in [6.07, 6.45) is 1.23. The van der Waals surface area contributed by atoms with Crippen LogP contribution in [0.4, 0.5) is 0 Å². The molecule has 1 unspecified atom stereocenters. The molecule has 0 aliphatic carbocycles. The van der Waals surface area contributed by atoms with E-state index in [-0.39, 0.29) is 5.75 Å². The monoisotopic (exact) mass is 275 g/mol. The maximum absolute atomic E-state index is 11.1. The van der Waals surface area contributed by atoms with Gasteiger partial charge in [-0.3, -0.25) is 0 Å². The van der Waals surface area contributed by atoms with E-state index in [9.17, 15) is 8.42 Å². The van der Waals surface area contributed by atoms with Crippen molar-refractivity contribution >= 4 is 21.4 Å². The lowest BCUT2D eigenvalue weighted by atomic mass is 9.94. The molecule has 0 bridgehead atoms. The summed E-state index contributed by atoms with van der Waals surface area (Å²) in [5.41, 5.74) is 0.663. The van der Waals surface area contributed by atoms with Crippen LogP contribution in [-0.2, 0) is 15.4 Å². The van der Waals surface area contributed by atoms with Crippen molar-refractivity contribution in [1.29, 1.82) is 0 Å². The Labute approximate surface area is 108 Å². The second-order valence-electron chi connectivity index (χ2n) is 4.39. The van der Waals surface area contributed by atoms with E-state index in [4.69, 9.17) is 11.6 Å². The van der Waals surface area contributed by atoms with Gasteiger partial charge < -0.3 is 5.32 Å². The summed E-state index contributed by atoms with van der Waals surface area (Å²) in [6.45, 7) is 2.37. The van der Waals surface area contributed by atoms with E-state index in [0.717, 1.165) is 5.56 Å². The van der Waals surface area contributed by atoms with Crippen molar-refractivity contribution in [2.45, 2.75) is 12.5 Å². The van der Waals surface area contributed by atoms with Gasteiger partial charge in [-0.1, -0.05) is 30.3 Å². The molecule has 96 valence electrons. The van der Waals surface area contributed by atoms with Gasteiger partial charge in [-0.05, 0) is 12.5 Å². The second kappa shape index (κ2) is 5.85. The second-order valence-corrected chi connectivity index (χ2v) is 6.92. The summed E-state index contributed by atoms with van der Waals surface area (Å²) in [6, 6.07) is 9.79. The van der Waals surface area contributed by atoms with Crippen LogP contribution >= 0.6 is 11.6 Å². The number of benzene rings is 1. The summed E-state index contributed by atoms with van der Waals surface area (Å²) >= 11 is 5.98. The van der Waals surface area contributed by atoms with Crippen LogP contribution in [0.25, 0.3) is 0 Å². The van der Waals surface area contributed by atoms with Gasteiger partial charge in [0, 0.05) is 18.7 Å². The Morgan fingerprint density at radius 2 is 1.88 bits per heavy atom. The Morgan fingerprint density at radius 3 is 2.35 bits per heavy atom. The number of sulfone groups is 1. The van der Waals surface area contributed by atoms with Crippen molar-refractivity contribution < 1.29 is 8.42 Å². The molecule has 0 spiro atoms. The molecule has 5 heteroatoms. The Bertz CT molecular complexity index is 447. The summed E-state index contributed by atoms with van der Waals surface area (Å²) < 4.78 is 22.1. The predicted molar refractivity (Wildman–Crippen MR) is 72.2 cm³/mol. The summed E-state index contributed by atoms with van der Waals surface area (Å²) in [4.78, 5) is 0. The molecule has 17 heavy (non-hydrogen) atoms. The SMILES string of the molecule is CC(CCl)(NCCS(C)(=O)=O)c1ccccc1. The third kappa shape index (κ3) is 4.66. The molecule has 0 aromatic heterocycles. The minimum atomic E-state index is -2.94. The molecule has 0 fully saturated rings. The molecule has 3 nitrogen and oxygen atoms in total. The molecular formula is C12H18ClNO2S. The van der Waals surface area contributed by atoms with Crippen LogP contribution in [0.1, 0.15) is 12.5 Å². The molecule has 0 amide bonds. The Morgan fingerprint density at radius 1 is 1.29 bits per heavy atom. The van der Waals surface area contributed by atoms with Gasteiger partial charge in [-0.25, -0.2) is 8.42 Å². The quantitative estimate of drug-likeness (QED) is 0.805. The highest BCUT2D eigenvalue weighted by Crippen LogP contribution is 2.21. The maximum Gasteiger partial charge on any atom is 0.148 e. The van der Waals surface area contributed by atoms with Gasteiger partial charge in [0.1, 0.15) is 9.84 Å². The molecule has 0 radical (unpaired) electrons. The van der Waals surface area contributed by atoms with Crippen LogP contribution in [-0.4, -0.2) is 32.9 Å². The third-order valence-corrected chi connectivity index (χ3v) is 4.15. The molecule has 0 heterocycles. The van der Waals surface area contributed by atoms with E-state index < -0.39 is 15.4 Å². The zero-order chi connectivity index (χ0) is 12.9. The average molecular weight is 276 g/mol. The molecular weight excluding hydrogens is 258 g/mol. The normalized spacial score (nSPS) is 15.5. The summed E-state index contributed by atoms with van der Waals surface area (Å²) in [5.74, 6) is 0.507. The van der Waals surface area contributed by atoms with Crippen molar-refractivity contribution in [3.05, 3.63) is 35.9 Å². The maximum atomic E-state index is 11.1. The van der Waals surface area contributed by atoms with Gasteiger partial charge in [-0.15, -0.1) is 11.6 Å². The molecule has 1 aromatic rings. The first kappa shape index (κ1) is 14.5. The van der Waals surface area contributed by atoms with Crippen molar-refractivity contribution in [2.24, 2.45) is 0 Å². The van der Waals surface area contributed by atoms with Crippen LogP contribution in [0.2, 0.25) is 0 Å². The van der Waals surface area contributed by atoms with E-state index in [1.807, 2.05) is 37.3 Å². The summed E-state index contributed by atoms with van der Waals surface area (Å²) in [7, 11) is -2.94. The van der Waals surface area contributed by atoms with Gasteiger partial charge in [0.15, 0.2) is 0 Å². The molecule has 1 N–H and O–H groups in total. The molecule has 0 aliphatic rings. The lowest BCUT2D eigenvalue weighted by Crippen LogP contribution is -2.43. The van der Waals surface area contributed by atoms with Gasteiger partial charge in [0.25, 0.3) is 0 Å². The lowest BCUT2D eigenvalue weighted by Gasteiger charge is -2.29. The first-order valence-electron chi connectivity index (χ1n) is 5.42. The van der Waals surface area contributed by atoms with Crippen LogP contribution in [0.5, 0.6) is 0 Å². The van der Waals surface area contributed by atoms with E-state index in [2.05, 4.69) is 5.32 Å². The van der Waals surface area contributed by atoms with Crippen molar-refractivity contribution in [3.63, 3.8) is 0 Å². The molecule has 1 rings (SSSR count). The van der Waals surface area contributed by atoms with Gasteiger partial charge >= 0.3 is 0 Å². The summed E-state index contributed by atoms with van der Waals surface area (Å²) in [5, 5.41) is 3.21. The minimum absolute atomic E-state index is 0.117. The standard InChI is InChI=1S/C12H18ClNO2S/c1-12(10-13,11-6-4-3-5-7-11)14-8-9-17(2,15)16/h3-7,14H,8-10H2,1-2H3. The number of nitrogens with one attached hydrogen (secondary N) is 1. The molecule has 1 aromatic carbocycles. The number of rotatable bonds is 6. The molecule has 0 aliphatic heterocycles. The smallest absolute Gasteiger partial charge is 0.148 e. The fourth-order valence-corrected chi connectivity index (χ4v) is 2.27. The number of hydrogen-bond donors (Lipinski definition) is 1. The first-order chi connectivity index (χ1) is 7.87. The Balaban J connectivity index is 2.70. The van der Waals surface area contributed by atoms with E-state index in [1.165, 1.54) is 6.26 Å². The fourth-order valence-electron chi connectivity index (χ4n) is 1.54.